The Kier molecular flexibility index (Phi) is 7.11. The van der Waals surface area contributed by atoms with Crippen molar-refractivity contribution in [2.75, 3.05) is 0 Å². The average molecular weight is 478 g/mol. The Labute approximate surface area is 183 Å². The first-order chi connectivity index (χ1) is 13.4. The van der Waals surface area contributed by atoms with Crippen molar-refractivity contribution >= 4 is 45.0 Å². The molecule has 0 fully saturated rings. The van der Waals surface area contributed by atoms with Gasteiger partial charge in [-0.2, -0.15) is 0 Å². The summed E-state index contributed by atoms with van der Waals surface area (Å²) in [6, 6.07) is 17.2. The molecule has 0 bridgehead atoms. The average Bonchev–Trinajstić information content (AvgIpc) is 2.68. The van der Waals surface area contributed by atoms with Gasteiger partial charge in [0.25, 0.3) is 5.91 Å². The lowest BCUT2D eigenvalue weighted by Gasteiger charge is -2.26. The number of carbonyl (C=O) groups is 1. The van der Waals surface area contributed by atoms with Crippen molar-refractivity contribution in [1.82, 2.24) is 10.3 Å². The maximum absolute atomic E-state index is 12.7. The minimum atomic E-state index is -0.164. The summed E-state index contributed by atoms with van der Waals surface area (Å²) in [6.45, 7) is 2.01. The molecule has 0 spiro atoms. The van der Waals surface area contributed by atoms with Gasteiger partial charge in [-0.25, -0.2) is 0 Å². The van der Waals surface area contributed by atoms with Crippen molar-refractivity contribution < 1.29 is 4.79 Å². The van der Waals surface area contributed by atoms with Crippen LogP contribution in [-0.2, 0) is 6.42 Å². The number of rotatable bonds is 6. The van der Waals surface area contributed by atoms with Crippen LogP contribution < -0.4 is 5.32 Å². The molecular weight excluding hydrogens is 459 g/mol. The molecule has 1 aromatic heterocycles. The number of carbonyl (C=O) groups excluding carboxylic acids is 1. The summed E-state index contributed by atoms with van der Waals surface area (Å²) in [6.07, 6.45) is 3.96. The van der Waals surface area contributed by atoms with Crippen LogP contribution in [0.25, 0.3) is 0 Å². The fraction of sp³-hybridized carbons (Fsp3) is 0.182. The fourth-order valence-corrected chi connectivity index (χ4v) is 3.75. The Hall–Kier alpha value is -1.88. The second-order valence-corrected chi connectivity index (χ2v) is 8.33. The van der Waals surface area contributed by atoms with Gasteiger partial charge in [0.2, 0.25) is 0 Å². The van der Waals surface area contributed by atoms with E-state index in [1.165, 1.54) is 0 Å². The number of nitrogens with zero attached hydrogens (tertiary/aromatic N) is 1. The highest BCUT2D eigenvalue weighted by molar-refractivity contribution is 9.10. The zero-order valence-corrected chi connectivity index (χ0v) is 18.3. The third-order valence-corrected chi connectivity index (χ3v) is 5.84. The minimum Gasteiger partial charge on any atom is -0.349 e. The van der Waals surface area contributed by atoms with E-state index in [4.69, 9.17) is 23.2 Å². The molecule has 2 unspecified atom stereocenters. The summed E-state index contributed by atoms with van der Waals surface area (Å²) < 4.78 is 0.716. The highest BCUT2D eigenvalue weighted by atomic mass is 79.9. The quantitative estimate of drug-likeness (QED) is 0.452. The Bertz CT molecular complexity index is 946. The lowest BCUT2D eigenvalue weighted by atomic mass is 9.86. The third kappa shape index (κ3) is 5.34. The van der Waals surface area contributed by atoms with E-state index in [1.807, 2.05) is 55.5 Å². The minimum absolute atomic E-state index is 0.0674. The molecule has 1 heterocycles. The lowest BCUT2D eigenvalue weighted by molar-refractivity contribution is 0.0933. The van der Waals surface area contributed by atoms with E-state index in [9.17, 15) is 4.79 Å². The van der Waals surface area contributed by atoms with Crippen LogP contribution in [0.2, 0.25) is 10.0 Å². The van der Waals surface area contributed by atoms with Gasteiger partial charge in [0.05, 0.1) is 5.56 Å². The van der Waals surface area contributed by atoms with E-state index in [2.05, 4.69) is 26.2 Å². The Morgan fingerprint density at radius 2 is 1.64 bits per heavy atom. The van der Waals surface area contributed by atoms with Gasteiger partial charge in [0.1, 0.15) is 0 Å². The number of aromatic nitrogens is 1. The SMILES string of the molecule is CC(NC(=O)c1cnccc1Br)C(Cc1ccc(Cl)cc1)c1ccc(Cl)cc1. The molecule has 0 aliphatic heterocycles. The van der Waals surface area contributed by atoms with Crippen LogP contribution in [0.1, 0.15) is 34.3 Å². The second-order valence-electron chi connectivity index (χ2n) is 6.61. The molecule has 0 aliphatic carbocycles. The van der Waals surface area contributed by atoms with Gasteiger partial charge < -0.3 is 5.32 Å². The number of amides is 1. The molecule has 0 radical (unpaired) electrons. The first-order valence-corrected chi connectivity index (χ1v) is 10.4. The zero-order valence-electron chi connectivity index (χ0n) is 15.2. The first kappa shape index (κ1) is 20.8. The van der Waals surface area contributed by atoms with Gasteiger partial charge in [0, 0.05) is 38.9 Å². The van der Waals surface area contributed by atoms with E-state index in [-0.39, 0.29) is 17.9 Å². The standard InChI is InChI=1S/C22H19BrCl2N2O/c1-14(27-22(28)20-13-26-11-10-21(20)23)19(16-4-8-18(25)9-5-16)12-15-2-6-17(24)7-3-15/h2-11,13-14,19H,12H2,1H3,(H,27,28). The van der Waals surface area contributed by atoms with Gasteiger partial charge in [-0.15, -0.1) is 0 Å². The van der Waals surface area contributed by atoms with E-state index in [0.717, 1.165) is 17.5 Å². The third-order valence-electron chi connectivity index (χ3n) is 4.64. The van der Waals surface area contributed by atoms with Gasteiger partial charge in [0.15, 0.2) is 0 Å². The van der Waals surface area contributed by atoms with Crippen molar-refractivity contribution in [3.8, 4) is 0 Å². The topological polar surface area (TPSA) is 42.0 Å². The molecule has 1 amide bonds. The van der Waals surface area contributed by atoms with Crippen molar-refractivity contribution in [3.05, 3.63) is 98.2 Å². The van der Waals surface area contributed by atoms with Gasteiger partial charge in [-0.05, 0) is 70.7 Å². The van der Waals surface area contributed by atoms with Crippen LogP contribution in [-0.4, -0.2) is 16.9 Å². The van der Waals surface area contributed by atoms with Crippen LogP contribution in [0.4, 0.5) is 0 Å². The molecule has 144 valence electrons. The molecule has 3 nitrogen and oxygen atoms in total. The number of nitrogens with one attached hydrogen (secondary N) is 1. The molecule has 3 rings (SSSR count). The highest BCUT2D eigenvalue weighted by Crippen LogP contribution is 2.27. The van der Waals surface area contributed by atoms with Crippen molar-refractivity contribution in [2.45, 2.75) is 25.3 Å². The molecule has 0 saturated carbocycles. The Morgan fingerprint density at radius 3 is 2.25 bits per heavy atom. The van der Waals surface area contributed by atoms with E-state index < -0.39 is 0 Å². The molecule has 2 atom stereocenters. The zero-order chi connectivity index (χ0) is 20.1. The molecule has 0 aliphatic rings. The van der Waals surface area contributed by atoms with Crippen LogP contribution in [0, 0.1) is 0 Å². The molecule has 28 heavy (non-hydrogen) atoms. The van der Waals surface area contributed by atoms with E-state index in [1.54, 1.807) is 18.5 Å². The predicted octanol–water partition coefficient (Wildman–Crippen LogP) is 6.30. The summed E-state index contributed by atoms with van der Waals surface area (Å²) in [5, 5.41) is 4.50. The monoisotopic (exact) mass is 476 g/mol. The number of hydrogen-bond acceptors (Lipinski definition) is 2. The molecule has 3 aromatic rings. The van der Waals surface area contributed by atoms with Crippen molar-refractivity contribution in [2.24, 2.45) is 0 Å². The summed E-state index contributed by atoms with van der Waals surface area (Å²) >= 11 is 15.5. The van der Waals surface area contributed by atoms with Crippen LogP contribution in [0.3, 0.4) is 0 Å². The van der Waals surface area contributed by atoms with Crippen LogP contribution >= 0.6 is 39.1 Å². The molecule has 0 saturated heterocycles. The molecule has 6 heteroatoms. The molecule has 2 aromatic carbocycles. The van der Waals surface area contributed by atoms with Gasteiger partial charge in [-0.1, -0.05) is 47.5 Å². The summed E-state index contributed by atoms with van der Waals surface area (Å²) in [5.74, 6) is -0.0969. The van der Waals surface area contributed by atoms with Gasteiger partial charge in [-0.3, -0.25) is 9.78 Å². The van der Waals surface area contributed by atoms with Crippen LogP contribution in [0.5, 0.6) is 0 Å². The number of halogens is 3. The maximum atomic E-state index is 12.7. The maximum Gasteiger partial charge on any atom is 0.254 e. The van der Waals surface area contributed by atoms with E-state index in [0.29, 0.717) is 20.1 Å². The van der Waals surface area contributed by atoms with Crippen molar-refractivity contribution in [1.29, 1.82) is 0 Å². The van der Waals surface area contributed by atoms with Crippen molar-refractivity contribution in [3.63, 3.8) is 0 Å². The number of pyridine rings is 1. The number of hydrogen-bond donors (Lipinski definition) is 1. The highest BCUT2D eigenvalue weighted by Gasteiger charge is 2.23. The second kappa shape index (κ2) is 9.55. The number of benzene rings is 2. The smallest absolute Gasteiger partial charge is 0.254 e. The lowest BCUT2D eigenvalue weighted by Crippen LogP contribution is -2.38. The largest absolute Gasteiger partial charge is 0.349 e. The van der Waals surface area contributed by atoms with Gasteiger partial charge >= 0.3 is 0 Å². The summed E-state index contributed by atoms with van der Waals surface area (Å²) in [7, 11) is 0. The van der Waals surface area contributed by atoms with Crippen LogP contribution in [0.15, 0.2) is 71.5 Å². The Morgan fingerprint density at radius 1 is 1.04 bits per heavy atom. The van der Waals surface area contributed by atoms with E-state index >= 15 is 0 Å². The first-order valence-electron chi connectivity index (χ1n) is 8.84. The fourth-order valence-electron chi connectivity index (χ4n) is 3.10. The summed E-state index contributed by atoms with van der Waals surface area (Å²) in [4.78, 5) is 16.8. The molecular formula is C22H19BrCl2N2O. The Balaban J connectivity index is 1.84. The molecule has 1 N–H and O–H groups in total. The summed E-state index contributed by atoms with van der Waals surface area (Å²) in [5.41, 5.74) is 2.76. The normalized spacial score (nSPS) is 13.0. The predicted molar refractivity (Wildman–Crippen MR) is 118 cm³/mol.